The van der Waals surface area contributed by atoms with Crippen LogP contribution in [0.3, 0.4) is 0 Å². The fourth-order valence-electron chi connectivity index (χ4n) is 3.73. The molecule has 2 aliphatic heterocycles. The van der Waals surface area contributed by atoms with Crippen LogP contribution in [0, 0.1) is 5.41 Å². The third kappa shape index (κ3) is 2.74. The highest BCUT2D eigenvalue weighted by Gasteiger charge is 2.48. The van der Waals surface area contributed by atoms with Gasteiger partial charge in [0, 0.05) is 30.9 Å². The molecule has 1 spiro atoms. The van der Waals surface area contributed by atoms with Crippen LogP contribution >= 0.6 is 0 Å². The molecule has 21 heavy (non-hydrogen) atoms. The first-order valence-electron chi connectivity index (χ1n) is 7.68. The zero-order valence-corrected chi connectivity index (χ0v) is 12.2. The van der Waals surface area contributed by atoms with Crippen molar-refractivity contribution in [1.29, 1.82) is 0 Å². The molecule has 0 unspecified atom stereocenters. The van der Waals surface area contributed by atoms with Crippen LogP contribution in [-0.4, -0.2) is 40.7 Å². The first-order valence-corrected chi connectivity index (χ1v) is 7.68. The number of hydrogen-bond acceptors (Lipinski definition) is 3. The van der Waals surface area contributed by atoms with Gasteiger partial charge in [-0.2, -0.15) is 0 Å². The van der Waals surface area contributed by atoms with Gasteiger partial charge in [0.05, 0.1) is 19.3 Å². The molecular weight excluding hydrogens is 262 g/mol. The smallest absolute Gasteiger partial charge is 0.120 e. The van der Waals surface area contributed by atoms with E-state index in [1.807, 2.05) is 12.4 Å². The minimum Gasteiger partial charge on any atom is -0.377 e. The molecule has 1 aromatic heterocycles. The molecular formula is C17H21N3O. The molecule has 0 aliphatic carbocycles. The third-order valence-electron chi connectivity index (χ3n) is 4.64. The minimum absolute atomic E-state index is 0.387. The lowest BCUT2D eigenvalue weighted by Gasteiger charge is -2.47. The van der Waals surface area contributed by atoms with Gasteiger partial charge in [-0.25, -0.2) is 4.98 Å². The van der Waals surface area contributed by atoms with Crippen molar-refractivity contribution >= 4 is 0 Å². The van der Waals surface area contributed by atoms with Crippen molar-refractivity contribution in [2.75, 3.05) is 19.7 Å². The number of hydrogen-bond donors (Lipinski definition) is 1. The van der Waals surface area contributed by atoms with Crippen molar-refractivity contribution in [2.24, 2.45) is 5.41 Å². The summed E-state index contributed by atoms with van der Waals surface area (Å²) in [6.45, 7) is 4.12. The summed E-state index contributed by atoms with van der Waals surface area (Å²) < 4.78 is 6.05. The Kier molecular flexibility index (Phi) is 3.28. The summed E-state index contributed by atoms with van der Waals surface area (Å²) in [5.74, 6) is 1.06. The summed E-state index contributed by atoms with van der Waals surface area (Å²) in [6, 6.07) is 10.7. The number of nitrogens with zero attached hydrogens (tertiary/aromatic N) is 2. The average Bonchev–Trinajstić information content (AvgIpc) is 3.10. The number of H-pyrrole nitrogens is 1. The SMILES string of the molecule is c1ccc(C[C@@H]2CC3(CO2)CN(Cc2ncc[nH]2)C3)cc1. The summed E-state index contributed by atoms with van der Waals surface area (Å²) in [6.07, 6.45) is 6.33. The maximum atomic E-state index is 6.05. The Morgan fingerprint density at radius 3 is 2.90 bits per heavy atom. The van der Waals surface area contributed by atoms with Crippen molar-refractivity contribution in [3.8, 4) is 0 Å². The van der Waals surface area contributed by atoms with Gasteiger partial charge in [-0.15, -0.1) is 0 Å². The quantitative estimate of drug-likeness (QED) is 0.935. The standard InChI is InChI=1S/C17H21N3O/c1-2-4-14(5-3-1)8-15-9-17(13-21-15)11-20(12-17)10-16-18-6-7-19-16/h1-7,15H,8-13H2,(H,18,19)/t15-/m1/s1. The predicted octanol–water partition coefficient (Wildman–Crippen LogP) is 2.24. The number of likely N-dealkylation sites (tertiary alicyclic amines) is 1. The molecule has 0 bridgehead atoms. The lowest BCUT2D eigenvalue weighted by molar-refractivity contribution is -0.0153. The second kappa shape index (κ2) is 5.28. The summed E-state index contributed by atoms with van der Waals surface area (Å²) in [7, 11) is 0. The van der Waals surface area contributed by atoms with E-state index in [2.05, 4.69) is 45.2 Å². The summed E-state index contributed by atoms with van der Waals surface area (Å²) in [5, 5.41) is 0. The van der Waals surface area contributed by atoms with Gasteiger partial charge in [0.2, 0.25) is 0 Å². The first-order chi connectivity index (χ1) is 10.3. The normalized spacial score (nSPS) is 24.3. The number of benzene rings is 1. The van der Waals surface area contributed by atoms with Crippen molar-refractivity contribution in [3.63, 3.8) is 0 Å². The molecule has 0 saturated carbocycles. The van der Waals surface area contributed by atoms with Gasteiger partial charge in [0.15, 0.2) is 0 Å². The molecule has 1 aromatic carbocycles. The van der Waals surface area contributed by atoms with Gasteiger partial charge >= 0.3 is 0 Å². The Morgan fingerprint density at radius 1 is 1.29 bits per heavy atom. The van der Waals surface area contributed by atoms with E-state index in [-0.39, 0.29) is 0 Å². The Balaban J connectivity index is 1.29. The van der Waals surface area contributed by atoms with Crippen LogP contribution in [0.2, 0.25) is 0 Å². The molecule has 0 amide bonds. The highest BCUT2D eigenvalue weighted by Crippen LogP contribution is 2.42. The molecule has 4 rings (SSSR count). The van der Waals surface area contributed by atoms with Gasteiger partial charge in [-0.1, -0.05) is 30.3 Å². The molecule has 2 fully saturated rings. The van der Waals surface area contributed by atoms with Crippen molar-refractivity contribution < 1.29 is 4.74 Å². The maximum absolute atomic E-state index is 6.05. The van der Waals surface area contributed by atoms with Crippen LogP contribution < -0.4 is 0 Å². The van der Waals surface area contributed by atoms with Gasteiger partial charge in [-0.05, 0) is 18.4 Å². The van der Waals surface area contributed by atoms with Gasteiger partial charge in [-0.3, -0.25) is 4.90 Å². The highest BCUT2D eigenvalue weighted by molar-refractivity contribution is 5.16. The number of ether oxygens (including phenoxy) is 1. The van der Waals surface area contributed by atoms with Crippen LogP contribution in [0.4, 0.5) is 0 Å². The second-order valence-corrected chi connectivity index (χ2v) is 6.51. The number of aromatic amines is 1. The molecule has 110 valence electrons. The lowest BCUT2D eigenvalue weighted by atomic mass is 9.77. The van der Waals surface area contributed by atoms with Crippen LogP contribution in [0.1, 0.15) is 17.8 Å². The fraction of sp³-hybridized carbons (Fsp3) is 0.471. The molecule has 2 aromatic rings. The van der Waals surface area contributed by atoms with Crippen LogP contribution in [0.15, 0.2) is 42.7 Å². The van der Waals surface area contributed by atoms with Crippen molar-refractivity contribution in [1.82, 2.24) is 14.9 Å². The van der Waals surface area contributed by atoms with E-state index in [1.54, 1.807) is 0 Å². The lowest BCUT2D eigenvalue weighted by Crippen LogP contribution is -2.56. The van der Waals surface area contributed by atoms with Crippen LogP contribution in [0.25, 0.3) is 0 Å². The molecule has 0 radical (unpaired) electrons. The summed E-state index contributed by atoms with van der Waals surface area (Å²) in [5.41, 5.74) is 1.78. The first kappa shape index (κ1) is 13.0. The summed E-state index contributed by atoms with van der Waals surface area (Å²) >= 11 is 0. The second-order valence-electron chi connectivity index (χ2n) is 6.51. The minimum atomic E-state index is 0.387. The molecule has 2 saturated heterocycles. The number of rotatable bonds is 4. The molecule has 2 aliphatic rings. The summed E-state index contributed by atoms with van der Waals surface area (Å²) in [4.78, 5) is 9.92. The van der Waals surface area contributed by atoms with Crippen molar-refractivity contribution in [3.05, 3.63) is 54.1 Å². The monoisotopic (exact) mass is 283 g/mol. The zero-order chi connectivity index (χ0) is 14.1. The maximum Gasteiger partial charge on any atom is 0.120 e. The number of nitrogens with one attached hydrogen (secondary N) is 1. The Hall–Kier alpha value is -1.65. The number of imidazole rings is 1. The van der Waals surface area contributed by atoms with E-state index in [0.717, 1.165) is 38.5 Å². The van der Waals surface area contributed by atoms with E-state index in [0.29, 0.717) is 11.5 Å². The molecule has 4 heteroatoms. The van der Waals surface area contributed by atoms with Crippen LogP contribution in [-0.2, 0) is 17.7 Å². The van der Waals surface area contributed by atoms with E-state index >= 15 is 0 Å². The highest BCUT2D eigenvalue weighted by atomic mass is 16.5. The fourth-order valence-corrected chi connectivity index (χ4v) is 3.73. The number of aromatic nitrogens is 2. The Morgan fingerprint density at radius 2 is 2.14 bits per heavy atom. The van der Waals surface area contributed by atoms with Gasteiger partial charge < -0.3 is 9.72 Å². The Labute approximate surface area is 125 Å². The van der Waals surface area contributed by atoms with E-state index in [9.17, 15) is 0 Å². The molecule has 4 nitrogen and oxygen atoms in total. The molecule has 1 atom stereocenters. The van der Waals surface area contributed by atoms with E-state index in [4.69, 9.17) is 4.74 Å². The van der Waals surface area contributed by atoms with Gasteiger partial charge in [0.25, 0.3) is 0 Å². The average molecular weight is 283 g/mol. The van der Waals surface area contributed by atoms with Gasteiger partial charge in [0.1, 0.15) is 5.82 Å². The van der Waals surface area contributed by atoms with E-state index < -0.39 is 0 Å². The van der Waals surface area contributed by atoms with Crippen LogP contribution in [0.5, 0.6) is 0 Å². The predicted molar refractivity (Wildman–Crippen MR) is 80.8 cm³/mol. The van der Waals surface area contributed by atoms with E-state index in [1.165, 1.54) is 12.0 Å². The topological polar surface area (TPSA) is 41.1 Å². The molecule has 3 heterocycles. The van der Waals surface area contributed by atoms with Crippen molar-refractivity contribution in [2.45, 2.75) is 25.5 Å². The Bertz CT molecular complexity index is 575. The molecule has 1 N–H and O–H groups in total. The third-order valence-corrected chi connectivity index (χ3v) is 4.64. The largest absolute Gasteiger partial charge is 0.377 e. The zero-order valence-electron chi connectivity index (χ0n) is 12.2.